The van der Waals surface area contributed by atoms with Gasteiger partial charge in [0.1, 0.15) is 0 Å². The number of carboxylic acid groups (broad SMARTS) is 1. The molecule has 0 unspecified atom stereocenters. The second-order valence-electron chi connectivity index (χ2n) is 11.5. The molecular formula is C30H40N4O8S. The number of aromatic nitrogens is 2. The number of benzene rings is 2. The van der Waals surface area contributed by atoms with Crippen LogP contribution in [0, 0.1) is 11.3 Å². The summed E-state index contributed by atoms with van der Waals surface area (Å²) in [5, 5.41) is 12.8. The van der Waals surface area contributed by atoms with Gasteiger partial charge in [0.05, 0.1) is 21.3 Å². The van der Waals surface area contributed by atoms with Crippen molar-refractivity contribution in [1.29, 1.82) is 0 Å². The van der Waals surface area contributed by atoms with Crippen molar-refractivity contribution in [3.05, 3.63) is 65.1 Å². The number of carboxylic acids is 1. The highest BCUT2D eigenvalue weighted by molar-refractivity contribution is 7.85. The molecule has 12 nitrogen and oxygen atoms in total. The van der Waals surface area contributed by atoms with Crippen LogP contribution in [0.5, 0.6) is 0 Å². The largest absolute Gasteiger partial charge is 0.481 e. The fourth-order valence-corrected chi connectivity index (χ4v) is 6.25. The highest BCUT2D eigenvalue weighted by Gasteiger charge is 2.42. The SMILES string of the molecule is CC(C)n1c(=O)n(C(=O)NCC2CCN(CC3(C(=O)O)CCOCC3)CC2)c2ccccc21.O=S(=O)(O)c1ccccc1. The minimum atomic E-state index is -4.00. The molecule has 0 saturated carbocycles. The summed E-state index contributed by atoms with van der Waals surface area (Å²) in [7, 11) is -4.00. The van der Waals surface area contributed by atoms with Crippen molar-refractivity contribution in [2.45, 2.75) is 50.5 Å². The number of amides is 1. The predicted molar refractivity (Wildman–Crippen MR) is 161 cm³/mol. The molecule has 5 rings (SSSR count). The molecule has 1 aromatic heterocycles. The van der Waals surface area contributed by atoms with Crippen LogP contribution in [0.25, 0.3) is 11.0 Å². The van der Waals surface area contributed by atoms with Crippen molar-refractivity contribution in [3.63, 3.8) is 0 Å². The van der Waals surface area contributed by atoms with E-state index in [2.05, 4.69) is 10.2 Å². The Bertz CT molecular complexity index is 1570. The van der Waals surface area contributed by atoms with Crippen molar-refractivity contribution in [2.24, 2.45) is 11.3 Å². The Morgan fingerprint density at radius 2 is 1.58 bits per heavy atom. The Morgan fingerprint density at radius 3 is 2.12 bits per heavy atom. The van der Waals surface area contributed by atoms with Gasteiger partial charge in [0.2, 0.25) is 0 Å². The summed E-state index contributed by atoms with van der Waals surface area (Å²) < 4.78 is 37.5. The average Bonchev–Trinajstić information content (AvgIpc) is 3.29. The average molecular weight is 617 g/mol. The summed E-state index contributed by atoms with van der Waals surface area (Å²) in [6.07, 6.45) is 2.87. The van der Waals surface area contributed by atoms with Crippen molar-refractivity contribution in [1.82, 2.24) is 19.4 Å². The summed E-state index contributed by atoms with van der Waals surface area (Å²) in [5.41, 5.74) is 0.319. The Balaban J connectivity index is 0.000000359. The number of carbonyl (C=O) groups is 2. The molecule has 3 N–H and O–H groups in total. The summed E-state index contributed by atoms with van der Waals surface area (Å²) in [4.78, 5) is 40.0. The summed E-state index contributed by atoms with van der Waals surface area (Å²) in [6.45, 7) is 7.53. The van der Waals surface area contributed by atoms with Gasteiger partial charge in [-0.2, -0.15) is 8.42 Å². The lowest BCUT2D eigenvalue weighted by Gasteiger charge is -2.40. The molecular weight excluding hydrogens is 576 g/mol. The van der Waals surface area contributed by atoms with Crippen LogP contribution in [0.15, 0.2) is 64.3 Å². The quantitative estimate of drug-likeness (QED) is 0.338. The van der Waals surface area contributed by atoms with Gasteiger partial charge in [-0.3, -0.25) is 13.9 Å². The summed E-state index contributed by atoms with van der Waals surface area (Å²) in [5.74, 6) is -0.430. The molecule has 0 bridgehead atoms. The van der Waals surface area contributed by atoms with E-state index in [-0.39, 0.29) is 16.6 Å². The first kappa shape index (κ1) is 32.4. The Hall–Kier alpha value is -3.52. The molecule has 2 aliphatic rings. The van der Waals surface area contributed by atoms with Crippen LogP contribution in [0.4, 0.5) is 4.79 Å². The van der Waals surface area contributed by atoms with Gasteiger partial charge in [0.15, 0.2) is 0 Å². The van der Waals surface area contributed by atoms with Gasteiger partial charge in [-0.25, -0.2) is 14.2 Å². The minimum absolute atomic E-state index is 0.0504. The number of hydrogen-bond donors (Lipinski definition) is 3. The summed E-state index contributed by atoms with van der Waals surface area (Å²) >= 11 is 0. The zero-order chi connectivity index (χ0) is 31.2. The van der Waals surface area contributed by atoms with Crippen LogP contribution < -0.4 is 11.0 Å². The smallest absolute Gasteiger partial charge is 0.337 e. The zero-order valence-corrected chi connectivity index (χ0v) is 25.3. The Kier molecular flexibility index (Phi) is 10.4. The van der Waals surface area contributed by atoms with Crippen LogP contribution in [0.2, 0.25) is 0 Å². The highest BCUT2D eigenvalue weighted by atomic mass is 32.2. The molecule has 3 aromatic rings. The number of nitrogens with one attached hydrogen (secondary N) is 1. The Morgan fingerprint density at radius 1 is 1.00 bits per heavy atom. The molecule has 2 aliphatic heterocycles. The van der Waals surface area contributed by atoms with Crippen molar-refractivity contribution < 1.29 is 32.4 Å². The number of nitrogens with zero attached hydrogens (tertiary/aromatic N) is 3. The third-order valence-corrected chi connectivity index (χ3v) is 9.09. The molecule has 0 spiro atoms. The molecule has 2 aromatic carbocycles. The standard InChI is InChI=1S/C24H34N4O5.C6H6O3S/c1-17(2)27-19-5-3-4-6-20(19)28(23(27)32)22(31)25-15-18-7-11-26(12-8-18)16-24(21(29)30)9-13-33-14-10-24;7-10(8,9)6-4-2-1-3-5-6/h3-6,17-18H,7-16H2,1-2H3,(H,25,31)(H,29,30);1-5H,(H,7,8,9). The molecule has 0 atom stereocenters. The molecule has 13 heteroatoms. The molecule has 0 radical (unpaired) electrons. The molecule has 3 heterocycles. The van der Waals surface area contributed by atoms with Crippen LogP contribution in [0.1, 0.15) is 45.6 Å². The number of ether oxygens (including phenoxy) is 1. The van der Waals surface area contributed by atoms with Gasteiger partial charge in [-0.05, 0) is 82.8 Å². The highest BCUT2D eigenvalue weighted by Crippen LogP contribution is 2.33. The van der Waals surface area contributed by atoms with E-state index in [1.54, 1.807) is 28.8 Å². The first-order valence-corrected chi connectivity index (χ1v) is 15.9. The van der Waals surface area contributed by atoms with E-state index in [1.165, 1.54) is 16.7 Å². The van der Waals surface area contributed by atoms with Gasteiger partial charge in [0, 0.05) is 32.3 Å². The van der Waals surface area contributed by atoms with Crippen LogP contribution in [-0.4, -0.2) is 83.5 Å². The molecule has 2 fully saturated rings. The maximum Gasteiger partial charge on any atom is 0.337 e. The van der Waals surface area contributed by atoms with Crippen LogP contribution >= 0.6 is 0 Å². The van der Waals surface area contributed by atoms with E-state index in [0.29, 0.717) is 50.6 Å². The molecule has 2 saturated heterocycles. The number of aliphatic carboxylic acids is 1. The minimum Gasteiger partial charge on any atom is -0.481 e. The maximum absolute atomic E-state index is 13.0. The lowest BCUT2D eigenvalue weighted by Crippen LogP contribution is -2.49. The maximum atomic E-state index is 13.0. The van der Waals surface area contributed by atoms with Gasteiger partial charge >= 0.3 is 17.7 Å². The number of fused-ring (bicyclic) bond motifs is 1. The number of piperidine rings is 1. The van der Waals surface area contributed by atoms with E-state index < -0.39 is 27.5 Å². The third-order valence-electron chi connectivity index (χ3n) is 8.22. The Labute approximate surface area is 251 Å². The van der Waals surface area contributed by atoms with Gasteiger partial charge in [-0.1, -0.05) is 30.3 Å². The van der Waals surface area contributed by atoms with Crippen LogP contribution in [0.3, 0.4) is 0 Å². The number of imidazole rings is 1. The van der Waals surface area contributed by atoms with E-state index in [4.69, 9.17) is 9.29 Å². The van der Waals surface area contributed by atoms with E-state index in [0.717, 1.165) is 31.4 Å². The number of para-hydroxylation sites is 2. The van der Waals surface area contributed by atoms with Gasteiger partial charge < -0.3 is 20.1 Å². The summed E-state index contributed by atoms with van der Waals surface area (Å²) in [6, 6.07) is 14.3. The molecule has 234 valence electrons. The van der Waals surface area contributed by atoms with Crippen molar-refractivity contribution in [3.8, 4) is 0 Å². The molecule has 1 amide bonds. The second-order valence-corrected chi connectivity index (χ2v) is 12.9. The lowest BCUT2D eigenvalue weighted by atomic mass is 9.79. The number of rotatable bonds is 7. The first-order chi connectivity index (χ1) is 20.4. The monoisotopic (exact) mass is 616 g/mol. The fraction of sp³-hybridized carbons (Fsp3) is 0.500. The number of likely N-dealkylation sites (tertiary alicyclic amines) is 1. The second kappa shape index (κ2) is 13.8. The predicted octanol–water partition coefficient (Wildman–Crippen LogP) is 3.47. The van der Waals surface area contributed by atoms with Gasteiger partial charge in [-0.15, -0.1) is 0 Å². The first-order valence-electron chi connectivity index (χ1n) is 14.5. The van der Waals surface area contributed by atoms with Crippen LogP contribution in [-0.2, 0) is 19.6 Å². The molecule has 43 heavy (non-hydrogen) atoms. The van der Waals surface area contributed by atoms with E-state index in [1.807, 2.05) is 32.0 Å². The normalized spacial score (nSPS) is 17.8. The van der Waals surface area contributed by atoms with Crippen molar-refractivity contribution >= 4 is 33.2 Å². The lowest BCUT2D eigenvalue weighted by molar-refractivity contribution is -0.157. The van der Waals surface area contributed by atoms with Crippen molar-refractivity contribution in [2.75, 3.05) is 39.4 Å². The third kappa shape index (κ3) is 7.71. The number of carbonyl (C=O) groups excluding carboxylic acids is 1. The van der Waals surface area contributed by atoms with E-state index in [9.17, 15) is 27.9 Å². The van der Waals surface area contributed by atoms with Gasteiger partial charge in [0.25, 0.3) is 10.1 Å². The zero-order valence-electron chi connectivity index (χ0n) is 24.5. The topological polar surface area (TPSA) is 160 Å². The number of hydrogen-bond acceptors (Lipinski definition) is 7. The fourth-order valence-electron chi connectivity index (χ4n) is 5.75. The van der Waals surface area contributed by atoms with E-state index >= 15 is 0 Å². The molecule has 0 aliphatic carbocycles.